The van der Waals surface area contributed by atoms with Gasteiger partial charge < -0.3 is 29.7 Å². The number of rotatable bonds is 6. The van der Waals surface area contributed by atoms with Crippen molar-refractivity contribution >= 4 is 70.9 Å². The lowest BCUT2D eigenvalue weighted by Gasteiger charge is -2.32. The number of fused-ring (bicyclic) bond motifs is 2. The molecule has 9 heterocycles. The highest BCUT2D eigenvalue weighted by atomic mass is 127. The summed E-state index contributed by atoms with van der Waals surface area (Å²) in [4.78, 5) is 85.9. The van der Waals surface area contributed by atoms with Gasteiger partial charge in [0.15, 0.2) is 0 Å². The third-order valence-electron chi connectivity index (χ3n) is 13.1. The van der Waals surface area contributed by atoms with E-state index in [1.807, 2.05) is 90.6 Å². The van der Waals surface area contributed by atoms with Crippen LogP contribution in [0, 0.1) is 27.3 Å². The molecule has 5 aliphatic rings. The highest BCUT2D eigenvalue weighted by Gasteiger charge is 2.53. The average Bonchev–Trinajstić information content (AvgIpc) is 4.25. The fourth-order valence-electron chi connectivity index (χ4n) is 8.51. The summed E-state index contributed by atoms with van der Waals surface area (Å²) >= 11 is 2.15. The molecule has 4 N–H and O–H groups in total. The molecule has 8 amide bonds. The van der Waals surface area contributed by atoms with Gasteiger partial charge in [-0.3, -0.25) is 49.1 Å². The summed E-state index contributed by atoms with van der Waals surface area (Å²) in [5.74, 6) is 9.92. The summed E-state index contributed by atoms with van der Waals surface area (Å²) in [6.07, 6.45) is 13.7. The quantitative estimate of drug-likeness (QED) is 0.0816. The molecule has 0 spiro atoms. The Bertz CT molecular complexity index is 3360. The minimum atomic E-state index is -1.54. The van der Waals surface area contributed by atoms with E-state index in [2.05, 4.69) is 87.7 Å². The number of halogens is 1. The van der Waals surface area contributed by atoms with Crippen molar-refractivity contribution in [2.45, 2.75) is 63.1 Å². The van der Waals surface area contributed by atoms with Crippen LogP contribution in [0.15, 0.2) is 110 Å². The van der Waals surface area contributed by atoms with Crippen LogP contribution in [0.5, 0.6) is 0 Å². The Labute approximate surface area is 439 Å². The maximum absolute atomic E-state index is 13.2. The molecule has 0 saturated carbocycles. The molecular formula is C52H48BIN12O8. The van der Waals surface area contributed by atoms with Crippen LogP contribution in [0.3, 0.4) is 0 Å². The number of urea groups is 2. The Kier molecular flexibility index (Phi) is 13.7. The van der Waals surface area contributed by atoms with Crippen molar-refractivity contribution in [2.24, 2.45) is 14.1 Å². The summed E-state index contributed by atoms with van der Waals surface area (Å²) in [5, 5.41) is 17.9. The number of nitrogens with one attached hydrogen (secondary N) is 4. The summed E-state index contributed by atoms with van der Waals surface area (Å²) in [7, 11) is 3.41. The van der Waals surface area contributed by atoms with Crippen LogP contribution in [0.2, 0.25) is 0 Å². The Balaban J connectivity index is 0.000000145. The molecule has 20 nitrogen and oxygen atoms in total. The topological polar surface area (TPSA) is 237 Å². The van der Waals surface area contributed by atoms with Gasteiger partial charge in [0.2, 0.25) is 11.1 Å². The number of hydrogen-bond donors (Lipinski definition) is 4. The zero-order valence-corrected chi connectivity index (χ0v) is 43.2. The fourth-order valence-corrected chi connectivity index (χ4v) is 9.00. The smallest absolute Gasteiger partial charge is 0.399 e. The number of nitrogens with zero attached hydrogens (tertiary/aromatic N) is 8. The van der Waals surface area contributed by atoms with Crippen molar-refractivity contribution < 1.29 is 38.1 Å². The average molecular weight is 1110 g/mol. The third kappa shape index (κ3) is 10.5. The van der Waals surface area contributed by atoms with Gasteiger partial charge in [-0.2, -0.15) is 10.2 Å². The number of aromatic nitrogens is 6. The van der Waals surface area contributed by atoms with Gasteiger partial charge in [-0.25, -0.2) is 9.59 Å². The van der Waals surface area contributed by atoms with Gasteiger partial charge in [-0.1, -0.05) is 41.9 Å². The molecule has 3 fully saturated rings. The van der Waals surface area contributed by atoms with E-state index in [0.29, 0.717) is 35.3 Å². The lowest BCUT2D eigenvalue weighted by Crippen LogP contribution is -2.54. The Morgan fingerprint density at radius 1 is 0.635 bits per heavy atom. The Hall–Kier alpha value is -8.19. The molecule has 0 aliphatic carbocycles. The van der Waals surface area contributed by atoms with Crippen LogP contribution in [-0.4, -0.2) is 118 Å². The van der Waals surface area contributed by atoms with E-state index in [1.165, 1.54) is 9.80 Å². The van der Waals surface area contributed by atoms with Crippen molar-refractivity contribution in [2.75, 3.05) is 13.1 Å². The van der Waals surface area contributed by atoms with Gasteiger partial charge in [0.05, 0.1) is 30.5 Å². The number of hydrogen-bond acceptors (Lipinski definition) is 12. The minimum absolute atomic E-state index is 0.0398. The molecule has 2 atom stereocenters. The molecule has 74 heavy (non-hydrogen) atoms. The molecule has 6 aromatic rings. The monoisotopic (exact) mass is 1110 g/mol. The summed E-state index contributed by atoms with van der Waals surface area (Å²) in [5.41, 5.74) is 3.25. The number of amides is 8. The number of pyridine rings is 2. The molecule has 22 heteroatoms. The molecule has 4 aromatic heterocycles. The van der Waals surface area contributed by atoms with E-state index in [4.69, 9.17) is 9.31 Å². The lowest BCUT2D eigenvalue weighted by molar-refractivity contribution is -0.123. The van der Waals surface area contributed by atoms with Crippen LogP contribution >= 0.6 is 22.6 Å². The maximum atomic E-state index is 13.2. The molecule has 2 aromatic carbocycles. The Morgan fingerprint density at radius 2 is 1.14 bits per heavy atom. The van der Waals surface area contributed by atoms with Gasteiger partial charge >= 0.3 is 19.2 Å². The standard InChI is InChI=1S/C23H18N6O3.C19H13IN4O3.C10H17BN2O2/c1-28-12-18(11-25-28)16-4-5-17-13-29(20(30)19(17)9-16)14-23(21(31)26-22(32)27-23)7-6-15-3-2-8-24-10-15;20-14-4-3-13-10-24(16(25)15(13)8-14)11-19(17(26)22-18(27)23-19)6-5-12-2-1-7-21-9-12;1-9(2)10(3,4)15-11(14-9)8-6-12-13(5)7-8/h2-5,8-12H,13-14H2,1H3,(H2,26,27,31,32);1-4,7-9H,10-11H2,(H2,22,23,26,27);6-7H,1-5H3/t23-;19-;/m11./s1. The molecule has 0 unspecified atom stereocenters. The third-order valence-corrected chi connectivity index (χ3v) is 13.8. The largest absolute Gasteiger partial charge is 0.498 e. The van der Waals surface area contributed by atoms with E-state index in [1.54, 1.807) is 70.8 Å². The summed E-state index contributed by atoms with van der Waals surface area (Å²) in [6.45, 7) is 8.75. The van der Waals surface area contributed by atoms with Crippen LogP contribution < -0.4 is 26.7 Å². The summed E-state index contributed by atoms with van der Waals surface area (Å²) < 4.78 is 16.2. The molecule has 5 aliphatic heterocycles. The molecule has 0 bridgehead atoms. The van der Waals surface area contributed by atoms with E-state index in [-0.39, 0.29) is 43.2 Å². The van der Waals surface area contributed by atoms with Crippen molar-refractivity contribution in [1.82, 2.24) is 60.6 Å². The molecular weight excluding hydrogens is 1060 g/mol. The molecule has 3 saturated heterocycles. The van der Waals surface area contributed by atoms with E-state index in [9.17, 15) is 28.8 Å². The van der Waals surface area contributed by atoms with Gasteiger partial charge in [-0.15, -0.1) is 0 Å². The number of carbonyl (C=O) groups is 6. The number of imide groups is 2. The summed E-state index contributed by atoms with van der Waals surface area (Å²) in [6, 6.07) is 17.0. The predicted octanol–water partition coefficient (Wildman–Crippen LogP) is 3.06. The van der Waals surface area contributed by atoms with Crippen LogP contribution in [0.25, 0.3) is 11.1 Å². The van der Waals surface area contributed by atoms with Gasteiger partial charge in [0.1, 0.15) is 0 Å². The van der Waals surface area contributed by atoms with Crippen LogP contribution in [0.4, 0.5) is 9.59 Å². The lowest BCUT2D eigenvalue weighted by atomic mass is 9.82. The Morgan fingerprint density at radius 3 is 1.58 bits per heavy atom. The number of benzene rings is 2. The van der Waals surface area contributed by atoms with E-state index < -0.39 is 35.0 Å². The first-order valence-corrected chi connectivity index (χ1v) is 24.3. The van der Waals surface area contributed by atoms with Gasteiger partial charge in [-0.05, 0) is 109 Å². The molecule has 11 rings (SSSR count). The second-order valence-electron chi connectivity index (χ2n) is 19.0. The van der Waals surface area contributed by atoms with Crippen LogP contribution in [0.1, 0.15) is 70.7 Å². The SMILES string of the molecule is Cn1cc(-c2ccc3c(c2)C(=O)N(C[C@@]2(C#Cc4cccnc4)NC(=O)NC2=O)C3)cn1.Cn1cc(B2OC(C)(C)C(C)(C)O2)cn1.O=C1NC(=O)[C@@](C#Cc2cccnc2)(CN2Cc3ccc(I)cc3C2=O)N1. The first-order chi connectivity index (χ1) is 35.2. The second kappa shape index (κ2) is 20.0. The second-order valence-corrected chi connectivity index (χ2v) is 20.3. The zero-order chi connectivity index (χ0) is 52.6. The van der Waals surface area contributed by atoms with Gasteiger partial charge in [0, 0.05) is 107 Å². The normalized spacial score (nSPS) is 20.6. The first kappa shape index (κ1) is 50.7. The van der Waals surface area contributed by atoms with Crippen LogP contribution in [-0.2, 0) is 46.1 Å². The highest BCUT2D eigenvalue weighted by molar-refractivity contribution is 14.1. The zero-order valence-electron chi connectivity index (χ0n) is 41.0. The fraction of sp³-hybridized carbons (Fsp3) is 0.269. The van der Waals surface area contributed by atoms with Crippen molar-refractivity contribution in [1.29, 1.82) is 0 Å². The number of carbonyl (C=O) groups excluding carboxylic acids is 6. The van der Waals surface area contributed by atoms with E-state index in [0.717, 1.165) is 31.3 Å². The molecule has 374 valence electrons. The van der Waals surface area contributed by atoms with Crippen molar-refractivity contribution in [3.05, 3.63) is 147 Å². The first-order valence-electron chi connectivity index (χ1n) is 23.2. The number of aryl methyl sites for hydroxylation is 2. The van der Waals surface area contributed by atoms with Crippen molar-refractivity contribution in [3.63, 3.8) is 0 Å². The maximum Gasteiger partial charge on any atom is 0.498 e. The van der Waals surface area contributed by atoms with E-state index >= 15 is 0 Å². The highest BCUT2D eigenvalue weighted by Crippen LogP contribution is 2.36. The predicted molar refractivity (Wildman–Crippen MR) is 277 cm³/mol. The van der Waals surface area contributed by atoms with Crippen molar-refractivity contribution in [3.8, 4) is 34.8 Å². The minimum Gasteiger partial charge on any atom is -0.399 e. The molecule has 0 radical (unpaired) electrons. The van der Waals surface area contributed by atoms with Gasteiger partial charge in [0.25, 0.3) is 23.6 Å².